The summed E-state index contributed by atoms with van der Waals surface area (Å²) in [5, 5.41) is 15.3. The molecule has 1 unspecified atom stereocenters. The van der Waals surface area contributed by atoms with E-state index in [2.05, 4.69) is 0 Å². The minimum Gasteiger partial charge on any atom is -0.872 e. The summed E-state index contributed by atoms with van der Waals surface area (Å²) in [6.07, 6.45) is 0.703. The van der Waals surface area contributed by atoms with Crippen LogP contribution in [-0.2, 0) is 24.3 Å². The highest BCUT2D eigenvalue weighted by Gasteiger charge is 2.44. The van der Waals surface area contributed by atoms with Crippen molar-refractivity contribution in [2.24, 2.45) is 0 Å². The van der Waals surface area contributed by atoms with Crippen LogP contribution < -0.4 is 10.0 Å². The van der Waals surface area contributed by atoms with Crippen molar-refractivity contribution < 1.29 is 32.8 Å². The lowest BCUT2D eigenvalue weighted by molar-refractivity contribution is -0.908. The van der Waals surface area contributed by atoms with Crippen LogP contribution in [0.5, 0.6) is 0 Å². The van der Waals surface area contributed by atoms with Gasteiger partial charge < -0.3 is 19.6 Å². The zero-order chi connectivity index (χ0) is 25.2. The third kappa shape index (κ3) is 5.19. The number of ether oxygens (including phenoxy) is 1. The molecule has 0 radical (unpaired) electrons. The molecule has 1 N–H and O–H groups in total. The topological polar surface area (TPSA) is 111 Å². The molecule has 2 saturated heterocycles. The van der Waals surface area contributed by atoms with Gasteiger partial charge in [0, 0.05) is 37.5 Å². The maximum atomic E-state index is 13.5. The highest BCUT2D eigenvalue weighted by Crippen LogP contribution is 2.40. The molecule has 0 bridgehead atoms. The van der Waals surface area contributed by atoms with Crippen molar-refractivity contribution in [2.45, 2.75) is 17.4 Å². The Morgan fingerprint density at radius 1 is 1.17 bits per heavy atom. The summed E-state index contributed by atoms with van der Waals surface area (Å²) in [6, 6.07) is 8.36. The Morgan fingerprint density at radius 2 is 1.86 bits per heavy atom. The van der Waals surface area contributed by atoms with Gasteiger partial charge >= 0.3 is 0 Å². The number of Topliss-reactive ketones (excluding diaryl/α,β-unsaturated/α-hetero) is 1. The molecule has 2 fully saturated rings. The van der Waals surface area contributed by atoms with Gasteiger partial charge in [-0.05, 0) is 29.1 Å². The second-order valence-electron chi connectivity index (χ2n) is 8.77. The number of rotatable bonds is 8. The Hall–Kier alpha value is -2.57. The van der Waals surface area contributed by atoms with Crippen molar-refractivity contribution in [3.8, 4) is 0 Å². The van der Waals surface area contributed by atoms with Crippen LogP contribution >= 0.6 is 11.3 Å². The summed E-state index contributed by atoms with van der Waals surface area (Å²) >= 11 is 1.39. The maximum Gasteiger partial charge on any atom is 0.295 e. The van der Waals surface area contributed by atoms with Crippen LogP contribution in [0.3, 0.4) is 0 Å². The number of benzene rings is 1. The number of ketones is 1. The molecule has 35 heavy (non-hydrogen) atoms. The number of carbonyl (C=O) groups excluding carboxylic acids is 2. The Morgan fingerprint density at radius 3 is 2.46 bits per heavy atom. The average Bonchev–Trinajstić information content (AvgIpc) is 3.47. The Labute approximate surface area is 209 Å². The fourth-order valence-electron chi connectivity index (χ4n) is 4.40. The number of quaternary nitrogens is 1. The lowest BCUT2D eigenvalue weighted by Crippen LogP contribution is -3.14. The molecule has 2 aromatic rings. The van der Waals surface area contributed by atoms with E-state index in [0.717, 1.165) is 42.0 Å². The zero-order valence-corrected chi connectivity index (χ0v) is 21.4. The minimum atomic E-state index is -3.65. The van der Waals surface area contributed by atoms with E-state index in [9.17, 15) is 23.1 Å². The monoisotopic (exact) mass is 519 g/mol. The van der Waals surface area contributed by atoms with Gasteiger partial charge in [0.25, 0.3) is 5.91 Å². The first-order chi connectivity index (χ1) is 16.7. The van der Waals surface area contributed by atoms with Gasteiger partial charge in [-0.3, -0.25) is 9.59 Å². The number of amides is 1. The molecule has 11 heteroatoms. The summed E-state index contributed by atoms with van der Waals surface area (Å²) in [4.78, 5) is 29.7. The standard InChI is InChI=1S/C24H29N3O6S2/c1-25(2)35(31,32)18-8-6-17(7-9-18)22(28)20-21(19-5-3-16-34-19)27(24(30)23(20)29)11-4-10-26-12-14-33-15-13-26/h3,5-9,16,21,28H,4,10-15H2,1-2H3. The summed E-state index contributed by atoms with van der Waals surface area (Å²) in [7, 11) is -0.806. The van der Waals surface area contributed by atoms with Crippen molar-refractivity contribution in [1.29, 1.82) is 0 Å². The molecule has 1 aromatic heterocycles. The van der Waals surface area contributed by atoms with Gasteiger partial charge in [0.2, 0.25) is 15.8 Å². The molecular formula is C24H29N3O6S2. The van der Waals surface area contributed by atoms with Gasteiger partial charge in [-0.1, -0.05) is 24.0 Å². The average molecular weight is 520 g/mol. The van der Waals surface area contributed by atoms with Crippen molar-refractivity contribution in [2.75, 3.05) is 53.5 Å². The molecule has 0 aliphatic carbocycles. The number of hydrogen-bond acceptors (Lipinski definition) is 7. The molecule has 3 heterocycles. The van der Waals surface area contributed by atoms with E-state index >= 15 is 0 Å². The van der Waals surface area contributed by atoms with E-state index in [1.807, 2.05) is 17.5 Å². The summed E-state index contributed by atoms with van der Waals surface area (Å²) in [5.41, 5.74) is 0.0828. The predicted molar refractivity (Wildman–Crippen MR) is 129 cm³/mol. The molecule has 2 aliphatic rings. The Bertz CT molecular complexity index is 1200. The SMILES string of the molecule is CN(C)S(=O)(=O)c1ccc(C([O-])=C2C(=O)C(=O)N(CCC[NH+]3CCOCC3)C2c2cccs2)cc1. The Balaban J connectivity index is 1.63. The fourth-order valence-corrected chi connectivity index (χ4v) is 6.14. The summed E-state index contributed by atoms with van der Waals surface area (Å²) in [5.74, 6) is -2.02. The number of nitrogens with one attached hydrogen (secondary N) is 1. The number of carbonyl (C=O) groups is 2. The molecule has 188 valence electrons. The number of sulfonamides is 1. The molecule has 0 spiro atoms. The summed E-state index contributed by atoms with van der Waals surface area (Å²) < 4.78 is 31.2. The third-order valence-corrected chi connectivity index (χ3v) is 9.12. The van der Waals surface area contributed by atoms with Crippen LogP contribution in [0.25, 0.3) is 5.76 Å². The highest BCUT2D eigenvalue weighted by atomic mass is 32.2. The van der Waals surface area contributed by atoms with Gasteiger partial charge in [-0.2, -0.15) is 0 Å². The third-order valence-electron chi connectivity index (χ3n) is 6.37. The van der Waals surface area contributed by atoms with Crippen LogP contribution in [0, 0.1) is 0 Å². The van der Waals surface area contributed by atoms with Gasteiger partial charge in [-0.25, -0.2) is 12.7 Å². The quantitative estimate of drug-likeness (QED) is 0.287. The molecule has 1 amide bonds. The number of morpholine rings is 1. The van der Waals surface area contributed by atoms with Crippen LogP contribution in [-0.4, -0.2) is 82.8 Å². The first-order valence-electron chi connectivity index (χ1n) is 11.5. The molecule has 0 saturated carbocycles. The maximum absolute atomic E-state index is 13.5. The van der Waals surface area contributed by atoms with Crippen molar-refractivity contribution in [1.82, 2.24) is 9.21 Å². The molecule has 1 atom stereocenters. The lowest BCUT2D eigenvalue weighted by atomic mass is 10.00. The number of likely N-dealkylation sites (tertiary alicyclic amines) is 1. The van der Waals surface area contributed by atoms with Gasteiger partial charge in [0.1, 0.15) is 13.1 Å². The van der Waals surface area contributed by atoms with E-state index < -0.39 is 33.5 Å². The zero-order valence-electron chi connectivity index (χ0n) is 19.7. The Kier molecular flexibility index (Phi) is 7.72. The second-order valence-corrected chi connectivity index (χ2v) is 11.9. The molecule has 1 aromatic carbocycles. The highest BCUT2D eigenvalue weighted by molar-refractivity contribution is 7.89. The molecule has 2 aliphatic heterocycles. The smallest absolute Gasteiger partial charge is 0.295 e. The predicted octanol–water partition coefficient (Wildman–Crippen LogP) is -0.472. The van der Waals surface area contributed by atoms with E-state index in [0.29, 0.717) is 13.0 Å². The first kappa shape index (κ1) is 25.5. The normalized spacial score (nSPS) is 21.2. The van der Waals surface area contributed by atoms with Crippen molar-refractivity contribution in [3.63, 3.8) is 0 Å². The van der Waals surface area contributed by atoms with Crippen molar-refractivity contribution >= 4 is 38.8 Å². The van der Waals surface area contributed by atoms with E-state index in [-0.39, 0.29) is 16.0 Å². The summed E-state index contributed by atoms with van der Waals surface area (Å²) in [6.45, 7) is 4.48. The molecular weight excluding hydrogens is 490 g/mol. The van der Waals surface area contributed by atoms with Gasteiger partial charge in [-0.15, -0.1) is 11.3 Å². The second kappa shape index (κ2) is 10.6. The molecule has 9 nitrogen and oxygen atoms in total. The largest absolute Gasteiger partial charge is 0.872 e. The first-order valence-corrected chi connectivity index (χ1v) is 13.8. The van der Waals surface area contributed by atoms with Crippen molar-refractivity contribution in [3.05, 3.63) is 57.8 Å². The van der Waals surface area contributed by atoms with Crippen LogP contribution in [0.15, 0.2) is 52.2 Å². The van der Waals surface area contributed by atoms with Crippen LogP contribution in [0.1, 0.15) is 22.9 Å². The van der Waals surface area contributed by atoms with Crippen LogP contribution in [0.4, 0.5) is 0 Å². The lowest BCUT2D eigenvalue weighted by Gasteiger charge is -2.28. The van der Waals surface area contributed by atoms with Gasteiger partial charge in [0.05, 0.1) is 30.7 Å². The van der Waals surface area contributed by atoms with E-state index in [1.54, 1.807) is 0 Å². The van der Waals surface area contributed by atoms with E-state index in [1.165, 1.54) is 59.5 Å². The fraction of sp³-hybridized carbons (Fsp3) is 0.417. The number of nitrogens with zero attached hydrogens (tertiary/aromatic N) is 2. The number of thiophene rings is 1. The van der Waals surface area contributed by atoms with Crippen LogP contribution in [0.2, 0.25) is 0 Å². The molecule has 4 rings (SSSR count). The minimum absolute atomic E-state index is 0.0416. The van der Waals surface area contributed by atoms with Gasteiger partial charge in [0.15, 0.2) is 0 Å². The number of hydrogen-bond donors (Lipinski definition) is 1. The van der Waals surface area contributed by atoms with E-state index in [4.69, 9.17) is 4.74 Å².